The van der Waals surface area contributed by atoms with Crippen molar-refractivity contribution >= 4 is 72.4 Å². The summed E-state index contributed by atoms with van der Waals surface area (Å²) in [7, 11) is -0.380. The third-order valence-electron chi connectivity index (χ3n) is 7.29. The van der Waals surface area contributed by atoms with Gasteiger partial charge in [0.25, 0.3) is 0 Å². The predicted octanol–water partition coefficient (Wildman–Crippen LogP) is 8.23. The van der Waals surface area contributed by atoms with Crippen LogP contribution in [0.3, 0.4) is 0 Å². The lowest BCUT2D eigenvalue weighted by Crippen LogP contribution is -2.41. The van der Waals surface area contributed by atoms with Gasteiger partial charge in [0, 0.05) is 26.0 Å². The van der Waals surface area contributed by atoms with Crippen molar-refractivity contribution in [3.8, 4) is 0 Å². The maximum atomic E-state index is 6.21. The van der Waals surface area contributed by atoms with Gasteiger partial charge in [0.2, 0.25) is 0 Å². The second-order valence-corrected chi connectivity index (χ2v) is 11.0. The Labute approximate surface area is 218 Å². The van der Waals surface area contributed by atoms with Crippen LogP contribution in [0.5, 0.6) is 0 Å². The van der Waals surface area contributed by atoms with Crippen LogP contribution in [0.4, 0.5) is 0 Å². The third-order valence-corrected chi connectivity index (χ3v) is 7.95. The van der Waals surface area contributed by atoms with Gasteiger partial charge in [0.05, 0.1) is 11.2 Å². The molecule has 1 fully saturated rings. The van der Waals surface area contributed by atoms with Gasteiger partial charge in [-0.15, -0.1) is 0 Å². The molecule has 0 atom stereocenters. The van der Waals surface area contributed by atoms with Crippen molar-refractivity contribution in [1.29, 1.82) is 0 Å². The molecule has 0 unspecified atom stereocenters. The molecule has 1 saturated heterocycles. The molecule has 180 valence electrons. The van der Waals surface area contributed by atoms with Gasteiger partial charge >= 0.3 is 7.12 Å². The van der Waals surface area contributed by atoms with Crippen molar-refractivity contribution in [1.82, 2.24) is 0 Å². The summed E-state index contributed by atoms with van der Waals surface area (Å²) in [5, 5.41) is 4.50. The molecule has 0 saturated carbocycles. The van der Waals surface area contributed by atoms with Crippen LogP contribution in [0.2, 0.25) is 0 Å². The van der Waals surface area contributed by atoms with Gasteiger partial charge in [-0.1, -0.05) is 70.5 Å². The van der Waals surface area contributed by atoms with E-state index in [0.717, 1.165) is 53.8 Å². The summed E-state index contributed by atoms with van der Waals surface area (Å²) in [6, 6.07) is 28.2. The van der Waals surface area contributed by atoms with E-state index in [-0.39, 0.29) is 18.3 Å². The average Bonchev–Trinajstić information content (AvgIpc) is 3.48. The number of hydrogen-bond donors (Lipinski definition) is 0. The first-order chi connectivity index (χ1) is 17.2. The first-order valence-corrected chi connectivity index (χ1v) is 12.9. The molecule has 4 aromatic carbocycles. The summed E-state index contributed by atoms with van der Waals surface area (Å²) in [5.41, 5.74) is 3.96. The predicted molar refractivity (Wildman–Crippen MR) is 151 cm³/mol. The van der Waals surface area contributed by atoms with Crippen molar-refractivity contribution in [2.45, 2.75) is 38.9 Å². The van der Waals surface area contributed by atoms with Crippen molar-refractivity contribution in [3.63, 3.8) is 0 Å². The number of halogens is 1. The monoisotopic (exact) mass is 540 g/mol. The maximum Gasteiger partial charge on any atom is 0.495 e. The van der Waals surface area contributed by atoms with Gasteiger partial charge in [-0.05, 0) is 63.5 Å². The number of benzene rings is 4. The third kappa shape index (κ3) is 3.76. The number of furan rings is 2. The van der Waals surface area contributed by atoms with Crippen LogP contribution >= 0.6 is 15.9 Å². The summed E-state index contributed by atoms with van der Waals surface area (Å²) in [6.07, 6.45) is 0. The highest BCUT2D eigenvalue weighted by Gasteiger charge is 2.52. The lowest BCUT2D eigenvalue weighted by molar-refractivity contribution is 0.00578. The van der Waals surface area contributed by atoms with Crippen molar-refractivity contribution in [2.24, 2.45) is 0 Å². The van der Waals surface area contributed by atoms with E-state index in [9.17, 15) is 0 Å². The molecule has 0 aliphatic carbocycles. The zero-order valence-corrected chi connectivity index (χ0v) is 22.3. The van der Waals surface area contributed by atoms with Crippen molar-refractivity contribution in [2.75, 3.05) is 0 Å². The molecule has 0 bridgehead atoms. The Balaban J connectivity index is 0.000000147. The number of para-hydroxylation sites is 2. The number of rotatable bonds is 1. The molecule has 0 amide bonds. The molecular weight excluding hydrogens is 515 g/mol. The molecule has 0 radical (unpaired) electrons. The molecular formula is C30H26BBrO4. The van der Waals surface area contributed by atoms with Crippen LogP contribution in [0.15, 0.2) is 98.2 Å². The summed E-state index contributed by atoms with van der Waals surface area (Å²) < 4.78 is 25.2. The minimum Gasteiger partial charge on any atom is -0.456 e. The lowest BCUT2D eigenvalue weighted by atomic mass is 9.76. The summed E-state index contributed by atoms with van der Waals surface area (Å²) in [6.45, 7) is 8.28. The number of hydrogen-bond acceptors (Lipinski definition) is 4. The van der Waals surface area contributed by atoms with Crippen LogP contribution < -0.4 is 5.46 Å². The first-order valence-electron chi connectivity index (χ1n) is 12.1. The Morgan fingerprint density at radius 3 is 1.64 bits per heavy atom. The Hall–Kier alpha value is -3.06. The molecule has 7 rings (SSSR count). The maximum absolute atomic E-state index is 6.21. The first kappa shape index (κ1) is 23.3. The fourth-order valence-electron chi connectivity index (χ4n) is 4.70. The fourth-order valence-corrected chi connectivity index (χ4v) is 5.26. The minimum atomic E-state index is -0.380. The Bertz CT molecular complexity index is 1710. The normalized spacial score (nSPS) is 16.6. The molecule has 1 aliphatic heterocycles. The van der Waals surface area contributed by atoms with Crippen molar-refractivity contribution < 1.29 is 18.1 Å². The minimum absolute atomic E-state index is 0.348. The molecule has 0 spiro atoms. The van der Waals surface area contributed by atoms with Gasteiger partial charge < -0.3 is 18.1 Å². The van der Waals surface area contributed by atoms with E-state index < -0.39 is 0 Å². The van der Waals surface area contributed by atoms with Gasteiger partial charge in [0.15, 0.2) is 0 Å². The fraction of sp³-hybridized carbons (Fsp3) is 0.200. The van der Waals surface area contributed by atoms with Crippen LogP contribution in [-0.4, -0.2) is 18.3 Å². The number of fused-ring (bicyclic) bond motifs is 6. The highest BCUT2D eigenvalue weighted by Crippen LogP contribution is 2.38. The summed E-state index contributed by atoms with van der Waals surface area (Å²) >= 11 is 3.54. The zero-order chi connectivity index (χ0) is 25.1. The highest BCUT2D eigenvalue weighted by molar-refractivity contribution is 9.10. The van der Waals surface area contributed by atoms with E-state index in [0.29, 0.717) is 0 Å². The zero-order valence-electron chi connectivity index (χ0n) is 20.7. The van der Waals surface area contributed by atoms with Crippen LogP contribution in [0.25, 0.3) is 43.9 Å². The molecule has 36 heavy (non-hydrogen) atoms. The summed E-state index contributed by atoms with van der Waals surface area (Å²) in [5.74, 6) is 0. The molecule has 4 nitrogen and oxygen atoms in total. The molecule has 1 aliphatic rings. The van der Waals surface area contributed by atoms with Gasteiger partial charge in [-0.25, -0.2) is 0 Å². The second-order valence-electron chi connectivity index (χ2n) is 10.1. The molecule has 6 heteroatoms. The van der Waals surface area contributed by atoms with E-state index in [1.54, 1.807) is 0 Å². The van der Waals surface area contributed by atoms with Gasteiger partial charge in [0.1, 0.15) is 22.3 Å². The largest absolute Gasteiger partial charge is 0.495 e. The standard InChI is InChI=1S/C18H19BO3.C12H7BrO/c1-17(2)18(3,4)22-19(21-17)13-9-7-11-15-16(13)12-8-5-6-10-14(12)20-15;13-9-5-3-7-11-12(9)8-4-1-2-6-10(8)14-11/h5-11H,1-4H3;1-7H. The molecule has 2 aromatic heterocycles. The average molecular weight is 541 g/mol. The molecule has 3 heterocycles. The summed E-state index contributed by atoms with van der Waals surface area (Å²) in [4.78, 5) is 0. The lowest BCUT2D eigenvalue weighted by Gasteiger charge is -2.32. The SMILES string of the molecule is Brc1cccc2oc3ccccc3c12.CC1(C)OB(c2cccc3oc4ccccc4c23)OC1(C)C. The molecule has 0 N–H and O–H groups in total. The highest BCUT2D eigenvalue weighted by atomic mass is 79.9. The van der Waals surface area contributed by atoms with E-state index in [1.165, 1.54) is 0 Å². The van der Waals surface area contributed by atoms with Crippen LogP contribution in [0.1, 0.15) is 27.7 Å². The van der Waals surface area contributed by atoms with Crippen LogP contribution in [0, 0.1) is 0 Å². The van der Waals surface area contributed by atoms with Crippen LogP contribution in [-0.2, 0) is 9.31 Å². The topological polar surface area (TPSA) is 44.7 Å². The Kier molecular flexibility index (Phi) is 5.52. The molecule has 6 aromatic rings. The van der Waals surface area contributed by atoms with E-state index in [1.807, 2.05) is 66.7 Å². The smallest absolute Gasteiger partial charge is 0.456 e. The van der Waals surface area contributed by atoms with E-state index >= 15 is 0 Å². The quantitative estimate of drug-likeness (QED) is 0.197. The van der Waals surface area contributed by atoms with E-state index in [2.05, 4.69) is 61.8 Å². The van der Waals surface area contributed by atoms with Gasteiger partial charge in [-0.2, -0.15) is 0 Å². The van der Waals surface area contributed by atoms with E-state index in [4.69, 9.17) is 18.1 Å². The van der Waals surface area contributed by atoms with Gasteiger partial charge in [-0.3, -0.25) is 0 Å². The Morgan fingerprint density at radius 1 is 0.556 bits per heavy atom. The Morgan fingerprint density at radius 2 is 1.03 bits per heavy atom. The second kappa shape index (κ2) is 8.51. The van der Waals surface area contributed by atoms with Crippen molar-refractivity contribution in [3.05, 3.63) is 89.4 Å².